The predicted octanol–water partition coefficient (Wildman–Crippen LogP) is 4.15. The molecule has 0 fully saturated rings. The summed E-state index contributed by atoms with van der Waals surface area (Å²) in [6, 6.07) is 4.93. The molecule has 0 heterocycles. The number of carbonyl (C=O) groups excluding carboxylic acids is 2. The molecule has 2 aromatic rings. The Balaban J connectivity index is 2.00. The van der Waals surface area contributed by atoms with Gasteiger partial charge < -0.3 is 15.0 Å². The number of benzene rings is 2. The summed E-state index contributed by atoms with van der Waals surface area (Å²) >= 11 is 5.82. The monoisotopic (exact) mass is 432 g/mol. The van der Waals surface area contributed by atoms with Gasteiger partial charge in [0.2, 0.25) is 5.91 Å². The number of carbonyl (C=O) groups is 2. The van der Waals surface area contributed by atoms with Gasteiger partial charge in [-0.05, 0) is 36.8 Å². The van der Waals surface area contributed by atoms with Gasteiger partial charge in [0.15, 0.2) is 24.1 Å². The van der Waals surface area contributed by atoms with E-state index < -0.39 is 53.9 Å². The van der Waals surface area contributed by atoms with Crippen LogP contribution >= 0.6 is 11.6 Å². The molecule has 0 bridgehead atoms. The second kappa shape index (κ2) is 10.1. The van der Waals surface area contributed by atoms with E-state index in [0.29, 0.717) is 12.5 Å². The first-order valence-electron chi connectivity index (χ1n) is 8.51. The molecule has 0 aromatic heterocycles. The number of amides is 2. The Kier molecular flexibility index (Phi) is 7.83. The fourth-order valence-electron chi connectivity index (χ4n) is 2.37. The van der Waals surface area contributed by atoms with Crippen molar-refractivity contribution in [1.29, 1.82) is 0 Å². The molecule has 0 unspecified atom stereocenters. The average molecular weight is 433 g/mol. The lowest BCUT2D eigenvalue weighted by atomic mass is 10.2. The van der Waals surface area contributed by atoms with Crippen molar-refractivity contribution in [2.75, 3.05) is 25.0 Å². The molecule has 0 saturated heterocycles. The van der Waals surface area contributed by atoms with Crippen molar-refractivity contribution >= 4 is 29.1 Å². The van der Waals surface area contributed by atoms with E-state index in [2.05, 4.69) is 5.32 Å². The Morgan fingerprint density at radius 3 is 2.48 bits per heavy atom. The highest BCUT2D eigenvalue weighted by Gasteiger charge is 2.20. The molecule has 0 aliphatic heterocycles. The van der Waals surface area contributed by atoms with Crippen LogP contribution in [-0.2, 0) is 9.59 Å². The zero-order valence-electron chi connectivity index (χ0n) is 15.3. The fourth-order valence-corrected chi connectivity index (χ4v) is 2.59. The molecule has 0 aliphatic rings. The molecule has 1 N–H and O–H groups in total. The highest BCUT2D eigenvalue weighted by atomic mass is 35.5. The van der Waals surface area contributed by atoms with Crippen LogP contribution in [0.4, 0.5) is 23.2 Å². The molecular formula is C19H17ClF4N2O3. The van der Waals surface area contributed by atoms with E-state index in [4.69, 9.17) is 16.3 Å². The Bertz CT molecular complexity index is 911. The Hall–Kier alpha value is -2.81. The molecule has 5 nitrogen and oxygen atoms in total. The van der Waals surface area contributed by atoms with E-state index in [-0.39, 0.29) is 17.3 Å². The van der Waals surface area contributed by atoms with Crippen LogP contribution in [0.25, 0.3) is 0 Å². The minimum Gasteiger partial charge on any atom is -0.482 e. The van der Waals surface area contributed by atoms with Gasteiger partial charge >= 0.3 is 0 Å². The molecule has 10 heteroatoms. The van der Waals surface area contributed by atoms with Crippen molar-refractivity contribution in [2.45, 2.75) is 13.3 Å². The third-order valence-electron chi connectivity index (χ3n) is 3.74. The molecule has 0 aliphatic carbocycles. The quantitative estimate of drug-likeness (QED) is 0.503. The lowest BCUT2D eigenvalue weighted by molar-refractivity contribution is -0.136. The Morgan fingerprint density at radius 2 is 1.83 bits per heavy atom. The predicted molar refractivity (Wildman–Crippen MR) is 98.7 cm³/mol. The summed E-state index contributed by atoms with van der Waals surface area (Å²) in [6.45, 7) is 1.02. The van der Waals surface area contributed by atoms with Crippen LogP contribution in [-0.4, -0.2) is 36.4 Å². The van der Waals surface area contributed by atoms with E-state index >= 15 is 0 Å². The SMILES string of the molecule is CCCN(CC(=O)Nc1ccc(F)c(F)c1F)C(=O)COc1ccc(F)cc1Cl. The lowest BCUT2D eigenvalue weighted by Gasteiger charge is -2.22. The topological polar surface area (TPSA) is 58.6 Å². The second-order valence-electron chi connectivity index (χ2n) is 5.95. The standard InChI is InChI=1S/C19H17ClF4N2O3/c1-2-7-26(17(28)10-29-15-6-3-11(21)8-12(15)20)9-16(27)25-14-5-4-13(22)18(23)19(14)24/h3-6,8H,2,7,9-10H2,1H3,(H,25,27). The van der Waals surface area contributed by atoms with Gasteiger partial charge in [-0.2, -0.15) is 0 Å². The first-order chi connectivity index (χ1) is 13.7. The van der Waals surface area contributed by atoms with Crippen LogP contribution in [0.2, 0.25) is 5.02 Å². The molecule has 156 valence electrons. The molecule has 0 radical (unpaired) electrons. The summed E-state index contributed by atoms with van der Waals surface area (Å²) in [5, 5.41) is 2.07. The molecule has 0 saturated carbocycles. The summed E-state index contributed by atoms with van der Waals surface area (Å²) < 4.78 is 58.2. The van der Waals surface area contributed by atoms with Crippen molar-refractivity contribution in [3.63, 3.8) is 0 Å². The van der Waals surface area contributed by atoms with Gasteiger partial charge in [-0.1, -0.05) is 18.5 Å². The average Bonchev–Trinajstić information content (AvgIpc) is 2.67. The molecule has 29 heavy (non-hydrogen) atoms. The van der Waals surface area contributed by atoms with Crippen molar-refractivity contribution in [3.8, 4) is 5.75 Å². The van der Waals surface area contributed by atoms with E-state index in [1.165, 1.54) is 6.07 Å². The first-order valence-corrected chi connectivity index (χ1v) is 8.89. The summed E-state index contributed by atoms with van der Waals surface area (Å²) in [4.78, 5) is 25.6. The smallest absolute Gasteiger partial charge is 0.260 e. The number of anilines is 1. The summed E-state index contributed by atoms with van der Waals surface area (Å²) in [5.41, 5.74) is -0.549. The van der Waals surface area contributed by atoms with Gasteiger partial charge in [-0.25, -0.2) is 17.6 Å². The lowest BCUT2D eigenvalue weighted by Crippen LogP contribution is -2.41. The molecule has 2 amide bonds. The highest BCUT2D eigenvalue weighted by molar-refractivity contribution is 6.32. The third kappa shape index (κ3) is 6.08. The molecule has 0 atom stereocenters. The van der Waals surface area contributed by atoms with E-state index in [1.54, 1.807) is 6.92 Å². The van der Waals surface area contributed by atoms with Crippen LogP contribution in [0.5, 0.6) is 5.75 Å². The summed E-state index contributed by atoms with van der Waals surface area (Å²) in [6.07, 6.45) is 0.510. The molecular weight excluding hydrogens is 416 g/mol. The first kappa shape index (κ1) is 22.5. The van der Waals surface area contributed by atoms with E-state index in [1.807, 2.05) is 0 Å². The minimum absolute atomic E-state index is 0.0219. The van der Waals surface area contributed by atoms with Crippen molar-refractivity contribution < 1.29 is 31.9 Å². The number of ether oxygens (including phenoxy) is 1. The summed E-state index contributed by atoms with van der Waals surface area (Å²) in [5.74, 6) is -6.51. The number of rotatable bonds is 8. The van der Waals surface area contributed by atoms with Crippen LogP contribution in [0.15, 0.2) is 30.3 Å². The van der Waals surface area contributed by atoms with Gasteiger partial charge in [0, 0.05) is 6.54 Å². The van der Waals surface area contributed by atoms with Crippen LogP contribution < -0.4 is 10.1 Å². The molecule has 2 rings (SSSR count). The number of nitrogens with one attached hydrogen (secondary N) is 1. The molecule has 0 spiro atoms. The van der Waals surface area contributed by atoms with Gasteiger partial charge in [-0.3, -0.25) is 9.59 Å². The molecule has 2 aromatic carbocycles. The van der Waals surface area contributed by atoms with Gasteiger partial charge in [0.05, 0.1) is 17.3 Å². The summed E-state index contributed by atoms with van der Waals surface area (Å²) in [7, 11) is 0. The largest absolute Gasteiger partial charge is 0.482 e. The van der Waals surface area contributed by atoms with E-state index in [0.717, 1.165) is 23.1 Å². The number of nitrogens with zero attached hydrogens (tertiary/aromatic N) is 1. The van der Waals surface area contributed by atoms with Crippen molar-refractivity contribution in [3.05, 3.63) is 58.6 Å². The van der Waals surface area contributed by atoms with Gasteiger partial charge in [0.1, 0.15) is 11.6 Å². The zero-order valence-corrected chi connectivity index (χ0v) is 16.0. The normalized spacial score (nSPS) is 10.6. The van der Waals surface area contributed by atoms with E-state index in [9.17, 15) is 27.2 Å². The minimum atomic E-state index is -1.71. The number of halogens is 5. The van der Waals surface area contributed by atoms with Gasteiger partial charge in [-0.15, -0.1) is 0 Å². The van der Waals surface area contributed by atoms with Crippen molar-refractivity contribution in [1.82, 2.24) is 4.90 Å². The van der Waals surface area contributed by atoms with Crippen LogP contribution in [0.1, 0.15) is 13.3 Å². The third-order valence-corrected chi connectivity index (χ3v) is 4.03. The van der Waals surface area contributed by atoms with Crippen LogP contribution in [0.3, 0.4) is 0 Å². The Morgan fingerprint density at radius 1 is 1.10 bits per heavy atom. The maximum atomic E-state index is 13.7. The van der Waals surface area contributed by atoms with Crippen LogP contribution in [0, 0.1) is 23.3 Å². The van der Waals surface area contributed by atoms with Crippen molar-refractivity contribution in [2.24, 2.45) is 0 Å². The second-order valence-corrected chi connectivity index (χ2v) is 6.36. The Labute approximate surface area is 169 Å². The maximum absolute atomic E-state index is 13.7. The zero-order chi connectivity index (χ0) is 21.6. The maximum Gasteiger partial charge on any atom is 0.260 e. The number of hydrogen-bond donors (Lipinski definition) is 1. The fraction of sp³-hybridized carbons (Fsp3) is 0.263. The number of hydrogen-bond acceptors (Lipinski definition) is 3. The highest BCUT2D eigenvalue weighted by Crippen LogP contribution is 2.25. The van der Waals surface area contributed by atoms with Gasteiger partial charge in [0.25, 0.3) is 5.91 Å².